The van der Waals surface area contributed by atoms with Crippen molar-refractivity contribution in [3.8, 4) is 0 Å². The summed E-state index contributed by atoms with van der Waals surface area (Å²) in [5.41, 5.74) is 6.21. The van der Waals surface area contributed by atoms with Crippen molar-refractivity contribution in [1.29, 1.82) is 0 Å². The van der Waals surface area contributed by atoms with Gasteiger partial charge < -0.3 is 29.7 Å². The lowest BCUT2D eigenvalue weighted by molar-refractivity contribution is -0.530. The molecule has 0 aliphatic carbocycles. The molecule has 0 fully saturated rings. The molecule has 2 aliphatic rings. The summed E-state index contributed by atoms with van der Waals surface area (Å²) < 4.78 is 2.56. The van der Waals surface area contributed by atoms with Crippen molar-refractivity contribution in [2.75, 3.05) is 26.2 Å². The molecule has 0 aromatic heterocycles. The van der Waals surface area contributed by atoms with Gasteiger partial charge in [-0.2, -0.15) is 0 Å². The fraction of sp³-hybridized carbons (Fsp3) is 0.923. The highest BCUT2D eigenvalue weighted by molar-refractivity contribution is 5.78. The Kier molecular flexibility index (Phi) is 6.20. The number of rotatable bonds is 4. The van der Waals surface area contributed by atoms with E-state index in [4.69, 9.17) is 5.73 Å². The second-order valence-electron chi connectivity index (χ2n) is 5.70. The van der Waals surface area contributed by atoms with E-state index in [9.17, 15) is 0 Å². The summed E-state index contributed by atoms with van der Waals surface area (Å²) in [5, 5.41) is 0. The molecule has 3 nitrogen and oxygen atoms in total. The van der Waals surface area contributed by atoms with E-state index in [-0.39, 0.29) is 24.0 Å². The molecule has 0 aromatic carbocycles. The zero-order valence-electron chi connectivity index (χ0n) is 11.2. The van der Waals surface area contributed by atoms with Gasteiger partial charge in [0.25, 0.3) is 0 Å². The van der Waals surface area contributed by atoms with Crippen LogP contribution in [0.4, 0.5) is 0 Å². The first-order chi connectivity index (χ1) is 7.66. The van der Waals surface area contributed by atoms with Gasteiger partial charge in [-0.1, -0.05) is 13.8 Å². The Morgan fingerprint density at radius 3 is 2.71 bits per heavy atom. The van der Waals surface area contributed by atoms with E-state index in [1.54, 1.807) is 5.84 Å². The second-order valence-corrected chi connectivity index (χ2v) is 5.70. The Hall–Kier alpha value is 0.160. The van der Waals surface area contributed by atoms with Crippen LogP contribution in [0, 0.1) is 5.92 Å². The third-order valence-corrected chi connectivity index (χ3v) is 3.64. The van der Waals surface area contributed by atoms with Crippen molar-refractivity contribution in [2.45, 2.75) is 45.6 Å². The highest BCUT2D eigenvalue weighted by atomic mass is 127. The van der Waals surface area contributed by atoms with Crippen molar-refractivity contribution in [3.63, 3.8) is 0 Å². The normalized spacial score (nSPS) is 21.5. The molecule has 2 N–H and O–H groups in total. The average Bonchev–Trinajstić information content (AvgIpc) is 2.65. The first kappa shape index (κ1) is 15.2. The summed E-state index contributed by atoms with van der Waals surface area (Å²) in [4.78, 5) is 2.55. The molecule has 0 amide bonds. The summed E-state index contributed by atoms with van der Waals surface area (Å²) in [7, 11) is 0. The summed E-state index contributed by atoms with van der Waals surface area (Å²) in [6.45, 7) is 9.33. The predicted octanol–water partition coefficient (Wildman–Crippen LogP) is -1.73. The van der Waals surface area contributed by atoms with E-state index in [1.807, 2.05) is 0 Å². The average molecular weight is 351 g/mol. The van der Waals surface area contributed by atoms with Gasteiger partial charge in [-0.25, -0.2) is 0 Å². The van der Waals surface area contributed by atoms with Crippen LogP contribution in [0.1, 0.15) is 39.5 Å². The van der Waals surface area contributed by atoms with Crippen LogP contribution >= 0.6 is 0 Å². The molecule has 100 valence electrons. The minimum absolute atomic E-state index is 0. The molecule has 2 rings (SSSR count). The smallest absolute Gasteiger partial charge is 0.247 e. The lowest BCUT2D eigenvalue weighted by Gasteiger charge is -2.26. The first-order valence-electron chi connectivity index (χ1n) is 6.78. The van der Waals surface area contributed by atoms with Crippen molar-refractivity contribution in [3.05, 3.63) is 0 Å². The standard InChI is InChI=1S/C13H26N3.HI/c1-11(2)9-12(14)10-16-8-4-7-15-6-3-5-13(15)16;/h11-12H,3-10,14H2,1-2H3;1H/q+1;/p-1/t12-;/m0./s1. The topological polar surface area (TPSA) is 32.3 Å². The molecule has 0 radical (unpaired) electrons. The molecule has 0 saturated heterocycles. The minimum Gasteiger partial charge on any atom is -1.00 e. The quantitative estimate of drug-likeness (QED) is 0.483. The monoisotopic (exact) mass is 351 g/mol. The third-order valence-electron chi connectivity index (χ3n) is 3.64. The number of nitrogens with two attached hydrogens (primary N) is 1. The predicted molar refractivity (Wildman–Crippen MR) is 67.9 cm³/mol. The van der Waals surface area contributed by atoms with Gasteiger partial charge in [-0.05, 0) is 18.8 Å². The molecule has 0 bridgehead atoms. The summed E-state index contributed by atoms with van der Waals surface area (Å²) >= 11 is 0. The van der Waals surface area contributed by atoms with Crippen molar-refractivity contribution in [1.82, 2.24) is 4.90 Å². The van der Waals surface area contributed by atoms with Gasteiger partial charge in [0, 0.05) is 12.5 Å². The maximum atomic E-state index is 6.21. The SMILES string of the molecule is CC(C)C[C@H](N)CN1CCC[N+]2=C1CCC2.[I-]. The number of halogens is 1. The Bertz CT molecular complexity index is 276. The molecule has 2 heterocycles. The minimum atomic E-state index is 0. The molecule has 0 unspecified atom stereocenters. The number of nitrogens with zero attached hydrogens (tertiary/aromatic N) is 2. The fourth-order valence-corrected chi connectivity index (χ4v) is 3.06. The van der Waals surface area contributed by atoms with E-state index in [2.05, 4.69) is 23.3 Å². The Morgan fingerprint density at radius 2 is 2.00 bits per heavy atom. The van der Waals surface area contributed by atoms with Gasteiger partial charge in [0.1, 0.15) is 6.54 Å². The molecule has 0 saturated carbocycles. The van der Waals surface area contributed by atoms with Gasteiger partial charge in [0.05, 0.1) is 26.1 Å². The number of amidine groups is 1. The van der Waals surface area contributed by atoms with Gasteiger partial charge in [-0.3, -0.25) is 9.48 Å². The molecule has 17 heavy (non-hydrogen) atoms. The highest BCUT2D eigenvalue weighted by Crippen LogP contribution is 2.15. The van der Waals surface area contributed by atoms with E-state index in [0.717, 1.165) is 13.0 Å². The largest absolute Gasteiger partial charge is 1.00 e. The van der Waals surface area contributed by atoms with Crippen LogP contribution in [-0.2, 0) is 0 Å². The Balaban J connectivity index is 0.00000144. The summed E-state index contributed by atoms with van der Waals surface area (Å²) in [6, 6.07) is 0.341. The van der Waals surface area contributed by atoms with Crippen LogP contribution in [0.15, 0.2) is 0 Å². The highest BCUT2D eigenvalue weighted by Gasteiger charge is 2.31. The maximum Gasteiger partial charge on any atom is 0.247 e. The van der Waals surface area contributed by atoms with Gasteiger partial charge >= 0.3 is 0 Å². The number of hydrogen-bond acceptors (Lipinski definition) is 2. The fourth-order valence-electron chi connectivity index (χ4n) is 3.06. The van der Waals surface area contributed by atoms with Crippen molar-refractivity contribution in [2.24, 2.45) is 11.7 Å². The van der Waals surface area contributed by atoms with Crippen LogP contribution < -0.4 is 29.7 Å². The van der Waals surface area contributed by atoms with Crippen LogP contribution in [0.5, 0.6) is 0 Å². The maximum absolute atomic E-state index is 6.21. The van der Waals surface area contributed by atoms with Crippen LogP contribution in [-0.4, -0.2) is 47.5 Å². The van der Waals surface area contributed by atoms with Crippen molar-refractivity contribution < 1.29 is 28.6 Å². The summed E-state index contributed by atoms with van der Waals surface area (Å²) in [5.74, 6) is 2.29. The van der Waals surface area contributed by atoms with Crippen LogP contribution in [0.25, 0.3) is 0 Å². The van der Waals surface area contributed by atoms with Crippen LogP contribution in [0.2, 0.25) is 0 Å². The first-order valence-corrected chi connectivity index (χ1v) is 6.78. The molecular formula is C13H26IN3. The lowest BCUT2D eigenvalue weighted by atomic mass is 10.0. The van der Waals surface area contributed by atoms with E-state index in [0.29, 0.717) is 12.0 Å². The lowest BCUT2D eigenvalue weighted by Crippen LogP contribution is -3.00. The molecule has 0 aromatic rings. The Morgan fingerprint density at radius 1 is 1.29 bits per heavy atom. The molecule has 4 heteroatoms. The van der Waals surface area contributed by atoms with Gasteiger partial charge in [0.15, 0.2) is 0 Å². The molecular weight excluding hydrogens is 325 g/mol. The Labute approximate surface area is 122 Å². The zero-order valence-corrected chi connectivity index (χ0v) is 13.3. The molecule has 1 atom stereocenters. The van der Waals surface area contributed by atoms with E-state index >= 15 is 0 Å². The van der Waals surface area contributed by atoms with Gasteiger partial charge in [0.2, 0.25) is 5.84 Å². The third kappa shape index (κ3) is 4.09. The molecule has 0 spiro atoms. The molecule has 2 aliphatic heterocycles. The van der Waals surface area contributed by atoms with Crippen molar-refractivity contribution >= 4 is 5.84 Å². The second kappa shape index (κ2) is 6.92. The number of hydrogen-bond donors (Lipinski definition) is 1. The van der Waals surface area contributed by atoms with E-state index < -0.39 is 0 Å². The summed E-state index contributed by atoms with van der Waals surface area (Å²) in [6.07, 6.45) is 5.06. The van der Waals surface area contributed by atoms with E-state index in [1.165, 1.54) is 38.9 Å². The zero-order chi connectivity index (χ0) is 11.5. The van der Waals surface area contributed by atoms with Crippen LogP contribution in [0.3, 0.4) is 0 Å². The van der Waals surface area contributed by atoms with Gasteiger partial charge in [-0.15, -0.1) is 0 Å².